The van der Waals surface area contributed by atoms with Crippen LogP contribution >= 0.6 is 0 Å². The molecule has 0 saturated carbocycles. The number of rotatable bonds is 5. The van der Waals surface area contributed by atoms with Gasteiger partial charge in [0.25, 0.3) is 5.95 Å². The molecule has 0 heterocycles. The van der Waals surface area contributed by atoms with Crippen LogP contribution in [-0.2, 0) is 9.16 Å². The van der Waals surface area contributed by atoms with E-state index < -0.39 is 8.32 Å². The maximum atomic E-state index is 6.22. The second-order valence-electron chi connectivity index (χ2n) is 6.91. The first-order chi connectivity index (χ1) is 9.12. The molecule has 0 fully saturated rings. The first-order valence-electron chi connectivity index (χ1n) is 7.29. The fourth-order valence-corrected chi connectivity index (χ4v) is 2.53. The van der Waals surface area contributed by atoms with Gasteiger partial charge in [-0.25, -0.2) is 0 Å². The van der Waals surface area contributed by atoms with Crippen molar-refractivity contribution in [2.24, 2.45) is 0 Å². The first kappa shape index (κ1) is 16.8. The summed E-state index contributed by atoms with van der Waals surface area (Å²) in [5.41, 5.74) is 2.06. The molecule has 0 saturated heterocycles. The highest BCUT2D eigenvalue weighted by Gasteiger charge is 2.25. The van der Waals surface area contributed by atoms with Crippen molar-refractivity contribution in [3.63, 3.8) is 0 Å². The van der Waals surface area contributed by atoms with Gasteiger partial charge in [0.2, 0.25) is 8.32 Å². The van der Waals surface area contributed by atoms with Gasteiger partial charge < -0.3 is 9.16 Å². The van der Waals surface area contributed by atoms with E-state index in [0.29, 0.717) is 5.95 Å². The van der Waals surface area contributed by atoms with Gasteiger partial charge in [0.15, 0.2) is 0 Å². The summed E-state index contributed by atoms with van der Waals surface area (Å²) in [6.45, 7) is 14.8. The van der Waals surface area contributed by atoms with Crippen molar-refractivity contribution >= 4 is 13.9 Å². The first-order valence-corrected chi connectivity index (χ1v) is 10.7. The van der Waals surface area contributed by atoms with Crippen LogP contribution in [0.4, 0.5) is 0 Å². The number of hydrogen-bond acceptors (Lipinski definition) is 2. The lowest BCUT2D eigenvalue weighted by Crippen LogP contribution is -2.30. The predicted molar refractivity (Wildman–Crippen MR) is 88.9 cm³/mol. The molecule has 3 heteroatoms. The topological polar surface area (TPSA) is 18.5 Å². The standard InChI is InChI=1S/C17H28O2Si/c1-8-15(14-12-10-9-11-13-14)16(18-17(2,3)4)19-20(5,6)7/h9-13H,8H2,1-7H3/b16-15-. The fourth-order valence-electron chi connectivity index (χ4n) is 1.81. The van der Waals surface area contributed by atoms with Crippen LogP contribution in [0, 0.1) is 0 Å². The molecule has 0 N–H and O–H groups in total. The number of hydrogen-bond donors (Lipinski definition) is 0. The molecule has 1 aromatic carbocycles. The lowest BCUT2D eigenvalue weighted by molar-refractivity contribution is -0.00691. The highest BCUT2D eigenvalue weighted by Crippen LogP contribution is 2.29. The van der Waals surface area contributed by atoms with E-state index in [-0.39, 0.29) is 5.60 Å². The maximum Gasteiger partial charge on any atom is 0.269 e. The molecular formula is C17H28O2Si. The Balaban J connectivity index is 3.25. The minimum absolute atomic E-state index is 0.260. The largest absolute Gasteiger partial charge is 0.519 e. The van der Waals surface area contributed by atoms with Crippen molar-refractivity contribution in [2.45, 2.75) is 59.4 Å². The highest BCUT2D eigenvalue weighted by molar-refractivity contribution is 6.70. The molecule has 0 aliphatic heterocycles. The van der Waals surface area contributed by atoms with Crippen LogP contribution in [0.5, 0.6) is 0 Å². The summed E-state index contributed by atoms with van der Waals surface area (Å²) in [4.78, 5) is 0. The molecule has 0 spiro atoms. The quantitative estimate of drug-likeness (QED) is 0.532. The molecule has 0 bridgehead atoms. The summed E-state index contributed by atoms with van der Waals surface area (Å²) >= 11 is 0. The Hall–Kier alpha value is -1.22. The Morgan fingerprint density at radius 1 is 1.05 bits per heavy atom. The second-order valence-corrected chi connectivity index (χ2v) is 11.3. The van der Waals surface area contributed by atoms with Gasteiger partial charge >= 0.3 is 0 Å². The number of ether oxygens (including phenoxy) is 1. The van der Waals surface area contributed by atoms with Crippen molar-refractivity contribution in [2.75, 3.05) is 0 Å². The van der Waals surface area contributed by atoms with E-state index in [9.17, 15) is 0 Å². The molecule has 20 heavy (non-hydrogen) atoms. The zero-order valence-corrected chi connectivity index (χ0v) is 14.9. The van der Waals surface area contributed by atoms with Crippen LogP contribution in [0.25, 0.3) is 5.57 Å². The van der Waals surface area contributed by atoms with Crippen LogP contribution in [0.3, 0.4) is 0 Å². The van der Waals surface area contributed by atoms with E-state index in [1.807, 2.05) is 18.2 Å². The number of allylic oxidation sites excluding steroid dienone is 1. The van der Waals surface area contributed by atoms with Gasteiger partial charge in [0.1, 0.15) is 5.60 Å². The molecule has 112 valence electrons. The Morgan fingerprint density at radius 2 is 1.60 bits per heavy atom. The van der Waals surface area contributed by atoms with Gasteiger partial charge in [-0.3, -0.25) is 0 Å². The summed E-state index contributed by atoms with van der Waals surface area (Å²) in [5.74, 6) is 0.699. The third kappa shape index (κ3) is 5.82. The lowest BCUT2D eigenvalue weighted by Gasteiger charge is -2.30. The van der Waals surface area contributed by atoms with Gasteiger partial charge in [-0.1, -0.05) is 37.3 Å². The zero-order valence-electron chi connectivity index (χ0n) is 13.9. The van der Waals surface area contributed by atoms with Crippen LogP contribution < -0.4 is 0 Å². The molecule has 1 rings (SSSR count). The summed E-state index contributed by atoms with van der Waals surface area (Å²) in [6.07, 6.45) is 0.889. The fraction of sp³-hybridized carbons (Fsp3) is 0.529. The minimum atomic E-state index is -1.71. The monoisotopic (exact) mass is 292 g/mol. The summed E-state index contributed by atoms with van der Waals surface area (Å²) in [5, 5.41) is 0. The average molecular weight is 292 g/mol. The van der Waals surface area contributed by atoms with Gasteiger partial charge in [-0.2, -0.15) is 0 Å². The van der Waals surface area contributed by atoms with Crippen LogP contribution in [-0.4, -0.2) is 13.9 Å². The third-order valence-corrected chi connectivity index (χ3v) is 3.32. The molecule has 0 amide bonds. The van der Waals surface area contributed by atoms with Crippen LogP contribution in [0.1, 0.15) is 39.7 Å². The summed E-state index contributed by atoms with van der Waals surface area (Å²) in [7, 11) is -1.71. The third-order valence-electron chi connectivity index (χ3n) is 2.52. The average Bonchev–Trinajstić information content (AvgIpc) is 2.26. The SMILES string of the molecule is CC/C(=C(\OC(C)(C)C)O[Si](C)(C)C)c1ccccc1. The highest BCUT2D eigenvalue weighted by atomic mass is 28.4. The van der Waals surface area contributed by atoms with E-state index in [1.54, 1.807) is 0 Å². The number of benzene rings is 1. The Labute approximate surface area is 124 Å². The molecule has 0 atom stereocenters. The molecule has 0 aromatic heterocycles. The van der Waals surface area contributed by atoms with Gasteiger partial charge in [0.05, 0.1) is 0 Å². The van der Waals surface area contributed by atoms with Crippen molar-refractivity contribution in [3.8, 4) is 0 Å². The Kier molecular flexibility index (Phi) is 5.46. The van der Waals surface area contributed by atoms with E-state index >= 15 is 0 Å². The predicted octanol–water partition coefficient (Wildman–Crippen LogP) is 5.43. The summed E-state index contributed by atoms with van der Waals surface area (Å²) in [6, 6.07) is 10.3. The Morgan fingerprint density at radius 3 is 2.00 bits per heavy atom. The lowest BCUT2D eigenvalue weighted by atomic mass is 10.0. The van der Waals surface area contributed by atoms with E-state index in [1.165, 1.54) is 5.56 Å². The molecule has 1 aromatic rings. The smallest absolute Gasteiger partial charge is 0.269 e. The van der Waals surface area contributed by atoms with Gasteiger partial charge in [0, 0.05) is 5.57 Å². The molecule has 0 aliphatic rings. The van der Waals surface area contributed by atoms with Crippen molar-refractivity contribution in [1.29, 1.82) is 0 Å². The Bertz CT molecular complexity index is 432. The normalized spacial score (nSPS) is 13.8. The molecule has 2 nitrogen and oxygen atoms in total. The zero-order chi connectivity index (χ0) is 15.4. The van der Waals surface area contributed by atoms with E-state index in [4.69, 9.17) is 9.16 Å². The van der Waals surface area contributed by atoms with Gasteiger partial charge in [-0.15, -0.1) is 0 Å². The van der Waals surface area contributed by atoms with E-state index in [2.05, 4.69) is 59.5 Å². The summed E-state index contributed by atoms with van der Waals surface area (Å²) < 4.78 is 12.3. The van der Waals surface area contributed by atoms with Gasteiger partial charge in [-0.05, 0) is 52.4 Å². The second kappa shape index (κ2) is 6.49. The molecule has 0 radical (unpaired) electrons. The van der Waals surface area contributed by atoms with Crippen LogP contribution in [0.2, 0.25) is 19.6 Å². The van der Waals surface area contributed by atoms with Crippen LogP contribution in [0.15, 0.2) is 36.3 Å². The van der Waals surface area contributed by atoms with Crippen molar-refractivity contribution < 1.29 is 9.16 Å². The minimum Gasteiger partial charge on any atom is -0.519 e. The molecule has 0 aliphatic carbocycles. The van der Waals surface area contributed by atoms with Crippen molar-refractivity contribution in [3.05, 3.63) is 41.8 Å². The maximum absolute atomic E-state index is 6.22. The molecular weight excluding hydrogens is 264 g/mol. The van der Waals surface area contributed by atoms with E-state index in [0.717, 1.165) is 12.0 Å². The molecule has 0 unspecified atom stereocenters. The van der Waals surface area contributed by atoms with Crippen molar-refractivity contribution in [1.82, 2.24) is 0 Å².